The van der Waals surface area contributed by atoms with Gasteiger partial charge in [0.05, 0.1) is 6.04 Å². The minimum Gasteiger partial charge on any atom is -0.320 e. The Hall–Kier alpha value is -1.12. The fourth-order valence-corrected chi connectivity index (χ4v) is 2.52. The van der Waals surface area contributed by atoms with Gasteiger partial charge >= 0.3 is 0 Å². The quantitative estimate of drug-likeness (QED) is 0.837. The Morgan fingerprint density at radius 1 is 1.00 bits per heavy atom. The number of hydrogen-bond acceptors (Lipinski definition) is 2. The fraction of sp³-hybridized carbons (Fsp3) is 0.286. The Morgan fingerprint density at radius 2 is 1.75 bits per heavy atom. The lowest BCUT2D eigenvalue weighted by molar-refractivity contribution is 0.873. The highest BCUT2D eigenvalue weighted by molar-refractivity contribution is 7.10. The molecule has 0 bridgehead atoms. The molecule has 1 aromatic heterocycles. The van der Waals surface area contributed by atoms with Gasteiger partial charge in [0.15, 0.2) is 0 Å². The summed E-state index contributed by atoms with van der Waals surface area (Å²) in [5.74, 6) is 0. The lowest BCUT2D eigenvalue weighted by Crippen LogP contribution is -2.11. The highest BCUT2D eigenvalue weighted by Crippen LogP contribution is 2.25. The van der Waals surface area contributed by atoms with Gasteiger partial charge in [0.1, 0.15) is 0 Å². The van der Waals surface area contributed by atoms with Crippen molar-refractivity contribution in [2.75, 3.05) is 0 Å². The third kappa shape index (κ3) is 2.18. The molecule has 1 atom stereocenters. The summed E-state index contributed by atoms with van der Waals surface area (Å²) < 4.78 is 0. The molecule has 0 aliphatic rings. The molecule has 16 heavy (non-hydrogen) atoms. The maximum atomic E-state index is 6.26. The third-order valence-corrected chi connectivity index (χ3v) is 3.88. The van der Waals surface area contributed by atoms with E-state index in [1.807, 2.05) is 0 Å². The monoisotopic (exact) mass is 231 g/mol. The number of rotatable bonds is 2. The molecule has 2 heteroatoms. The molecule has 0 radical (unpaired) electrons. The van der Waals surface area contributed by atoms with Crippen molar-refractivity contribution in [1.29, 1.82) is 0 Å². The summed E-state index contributed by atoms with van der Waals surface area (Å²) in [7, 11) is 0. The van der Waals surface area contributed by atoms with Crippen LogP contribution >= 0.6 is 11.3 Å². The molecule has 1 unspecified atom stereocenters. The van der Waals surface area contributed by atoms with Crippen molar-refractivity contribution in [3.63, 3.8) is 0 Å². The summed E-state index contributed by atoms with van der Waals surface area (Å²) in [5, 5.41) is 2.15. The Morgan fingerprint density at radius 3 is 2.31 bits per heavy atom. The van der Waals surface area contributed by atoms with Crippen LogP contribution in [-0.4, -0.2) is 0 Å². The number of thiophene rings is 1. The van der Waals surface area contributed by atoms with E-state index in [1.54, 1.807) is 11.3 Å². The summed E-state index contributed by atoms with van der Waals surface area (Å²) in [5.41, 5.74) is 11.3. The number of benzene rings is 1. The molecule has 84 valence electrons. The Bertz CT molecular complexity index is 499. The first-order chi connectivity index (χ1) is 7.58. The number of hydrogen-bond donors (Lipinski definition) is 1. The van der Waals surface area contributed by atoms with Gasteiger partial charge < -0.3 is 5.73 Å². The molecule has 1 aromatic carbocycles. The normalized spacial score (nSPS) is 12.8. The van der Waals surface area contributed by atoms with E-state index >= 15 is 0 Å². The molecule has 0 saturated heterocycles. The molecule has 1 heterocycles. The zero-order chi connectivity index (χ0) is 11.7. The largest absolute Gasteiger partial charge is 0.320 e. The van der Waals surface area contributed by atoms with Gasteiger partial charge in [0.25, 0.3) is 0 Å². The van der Waals surface area contributed by atoms with E-state index in [-0.39, 0.29) is 6.04 Å². The van der Waals surface area contributed by atoms with Gasteiger partial charge in [-0.2, -0.15) is 0 Å². The van der Waals surface area contributed by atoms with Crippen LogP contribution in [0.2, 0.25) is 0 Å². The van der Waals surface area contributed by atoms with Crippen LogP contribution in [0.1, 0.15) is 33.2 Å². The zero-order valence-corrected chi connectivity index (χ0v) is 10.8. The molecular weight excluding hydrogens is 214 g/mol. The second-order valence-corrected chi connectivity index (χ2v) is 5.43. The zero-order valence-electron chi connectivity index (χ0n) is 9.95. The minimum absolute atomic E-state index is 0.00394. The van der Waals surface area contributed by atoms with Gasteiger partial charge in [-0.05, 0) is 54.5 Å². The van der Waals surface area contributed by atoms with Gasteiger partial charge in [-0.25, -0.2) is 0 Å². The van der Waals surface area contributed by atoms with Crippen molar-refractivity contribution >= 4 is 11.3 Å². The van der Waals surface area contributed by atoms with Crippen LogP contribution in [0.3, 0.4) is 0 Å². The summed E-state index contributed by atoms with van der Waals surface area (Å²) in [4.78, 5) is 1.31. The van der Waals surface area contributed by atoms with Crippen molar-refractivity contribution in [3.05, 3.63) is 56.8 Å². The average Bonchev–Trinajstić information content (AvgIpc) is 2.68. The van der Waals surface area contributed by atoms with E-state index in [9.17, 15) is 0 Å². The maximum absolute atomic E-state index is 6.26. The van der Waals surface area contributed by atoms with Crippen LogP contribution in [0.25, 0.3) is 0 Å². The Labute approximate surface area is 101 Å². The van der Waals surface area contributed by atoms with E-state index in [0.717, 1.165) is 0 Å². The van der Waals surface area contributed by atoms with Crippen LogP contribution in [0, 0.1) is 20.8 Å². The summed E-state index contributed by atoms with van der Waals surface area (Å²) in [6, 6.07) is 8.63. The maximum Gasteiger partial charge on any atom is 0.0560 e. The van der Waals surface area contributed by atoms with Crippen molar-refractivity contribution in [2.24, 2.45) is 5.73 Å². The first kappa shape index (κ1) is 11.4. The molecular formula is C14H17NS. The van der Waals surface area contributed by atoms with Gasteiger partial charge in [-0.1, -0.05) is 18.2 Å². The molecule has 0 spiro atoms. The topological polar surface area (TPSA) is 26.0 Å². The lowest BCUT2D eigenvalue weighted by Gasteiger charge is -2.12. The Balaban J connectivity index is 2.33. The van der Waals surface area contributed by atoms with Gasteiger partial charge in [0, 0.05) is 4.88 Å². The van der Waals surface area contributed by atoms with Crippen molar-refractivity contribution in [2.45, 2.75) is 26.8 Å². The fourth-order valence-electron chi connectivity index (χ4n) is 1.78. The minimum atomic E-state index is 0.00394. The third-order valence-electron chi connectivity index (χ3n) is 3.00. The highest BCUT2D eigenvalue weighted by atomic mass is 32.1. The van der Waals surface area contributed by atoms with Crippen molar-refractivity contribution in [3.8, 4) is 0 Å². The van der Waals surface area contributed by atoms with Gasteiger partial charge in [-0.15, -0.1) is 11.3 Å². The predicted molar refractivity (Wildman–Crippen MR) is 71.0 cm³/mol. The summed E-state index contributed by atoms with van der Waals surface area (Å²) >= 11 is 1.75. The summed E-state index contributed by atoms with van der Waals surface area (Å²) in [6.45, 7) is 6.37. The van der Waals surface area contributed by atoms with Gasteiger partial charge in [-0.3, -0.25) is 0 Å². The van der Waals surface area contributed by atoms with E-state index < -0.39 is 0 Å². The second kappa shape index (κ2) is 4.40. The van der Waals surface area contributed by atoms with E-state index in [4.69, 9.17) is 5.73 Å². The van der Waals surface area contributed by atoms with Crippen LogP contribution < -0.4 is 5.73 Å². The summed E-state index contributed by atoms with van der Waals surface area (Å²) in [6.07, 6.45) is 0. The average molecular weight is 231 g/mol. The molecule has 1 nitrogen and oxygen atoms in total. The molecule has 2 rings (SSSR count). The first-order valence-corrected chi connectivity index (χ1v) is 6.33. The Kier molecular flexibility index (Phi) is 3.13. The number of nitrogens with two attached hydrogens (primary N) is 1. The molecule has 0 aliphatic carbocycles. The molecule has 0 saturated carbocycles. The van der Waals surface area contributed by atoms with Crippen LogP contribution in [-0.2, 0) is 0 Å². The standard InChI is InChI=1S/C14H17NS/c1-9-4-5-12(6-10(9)2)14(15)13-7-11(3)16-8-13/h4-8,14H,15H2,1-3H3. The van der Waals surface area contributed by atoms with Crippen LogP contribution in [0.15, 0.2) is 29.6 Å². The first-order valence-electron chi connectivity index (χ1n) is 5.45. The number of aryl methyl sites for hydroxylation is 3. The van der Waals surface area contributed by atoms with Crippen LogP contribution in [0.5, 0.6) is 0 Å². The smallest absolute Gasteiger partial charge is 0.0560 e. The second-order valence-electron chi connectivity index (χ2n) is 4.31. The van der Waals surface area contributed by atoms with E-state index in [1.165, 1.54) is 27.1 Å². The molecule has 2 aromatic rings. The highest BCUT2D eigenvalue weighted by Gasteiger charge is 2.10. The predicted octanol–water partition coefficient (Wildman–Crippen LogP) is 3.72. The lowest BCUT2D eigenvalue weighted by atomic mass is 9.98. The van der Waals surface area contributed by atoms with E-state index in [0.29, 0.717) is 0 Å². The molecule has 2 N–H and O–H groups in total. The van der Waals surface area contributed by atoms with E-state index in [2.05, 4.69) is 50.4 Å². The SMILES string of the molecule is Cc1cc(C(N)c2ccc(C)c(C)c2)cs1. The van der Waals surface area contributed by atoms with Crippen molar-refractivity contribution in [1.82, 2.24) is 0 Å². The van der Waals surface area contributed by atoms with Gasteiger partial charge in [0.2, 0.25) is 0 Å². The van der Waals surface area contributed by atoms with Crippen LogP contribution in [0.4, 0.5) is 0 Å². The molecule has 0 fully saturated rings. The van der Waals surface area contributed by atoms with Crippen molar-refractivity contribution < 1.29 is 0 Å². The molecule has 0 amide bonds. The molecule has 0 aliphatic heterocycles.